The summed E-state index contributed by atoms with van der Waals surface area (Å²) in [7, 11) is 0. The van der Waals surface area contributed by atoms with E-state index in [4.69, 9.17) is 21.7 Å². The molecule has 1 heterocycles. The average Bonchev–Trinajstić information content (AvgIpc) is 2.75. The van der Waals surface area contributed by atoms with Gasteiger partial charge < -0.3 is 32.3 Å². The Kier molecular flexibility index (Phi) is 6.68. The van der Waals surface area contributed by atoms with E-state index in [1.807, 2.05) is 12.1 Å². The fourth-order valence-electron chi connectivity index (χ4n) is 3.03. The predicted octanol–water partition coefficient (Wildman–Crippen LogP) is 1.45. The smallest absolute Gasteiger partial charge is 0.326 e. The zero-order chi connectivity index (χ0) is 23.3. The third-order valence-electron chi connectivity index (χ3n) is 4.71. The lowest BCUT2D eigenvalue weighted by molar-refractivity contribution is -0.140. The van der Waals surface area contributed by atoms with Crippen LogP contribution in [0, 0.1) is 0 Å². The molecule has 0 aliphatic carbocycles. The number of nitrogen functional groups attached to an aromatic ring is 2. The van der Waals surface area contributed by atoms with E-state index in [0.29, 0.717) is 17.4 Å². The molecule has 32 heavy (non-hydrogen) atoms. The topological polar surface area (TPSA) is 194 Å². The molecular formula is C21H22N6O5. The van der Waals surface area contributed by atoms with Gasteiger partial charge in [-0.3, -0.25) is 9.59 Å². The van der Waals surface area contributed by atoms with Gasteiger partial charge in [-0.2, -0.15) is 4.98 Å². The molecule has 0 aliphatic heterocycles. The van der Waals surface area contributed by atoms with E-state index in [0.717, 1.165) is 11.3 Å². The fraction of sp³-hybridized carbons (Fsp3) is 0.190. The second-order valence-corrected chi connectivity index (χ2v) is 7.05. The monoisotopic (exact) mass is 438 g/mol. The Bertz CT molecular complexity index is 1170. The zero-order valence-electron chi connectivity index (χ0n) is 16.9. The number of carboxylic acid groups (broad SMARTS) is 2. The van der Waals surface area contributed by atoms with Crippen molar-refractivity contribution in [3.63, 3.8) is 0 Å². The van der Waals surface area contributed by atoms with E-state index in [1.165, 1.54) is 0 Å². The van der Waals surface area contributed by atoms with Crippen LogP contribution >= 0.6 is 0 Å². The third kappa shape index (κ3) is 5.59. The van der Waals surface area contributed by atoms with Crippen LogP contribution in [0.5, 0.6) is 0 Å². The van der Waals surface area contributed by atoms with Crippen molar-refractivity contribution < 1.29 is 24.6 Å². The lowest BCUT2D eigenvalue weighted by Gasteiger charge is -2.14. The number of fused-ring (bicyclic) bond motifs is 1. The maximum atomic E-state index is 12.3. The molecule has 2 aromatic carbocycles. The lowest BCUT2D eigenvalue weighted by Crippen LogP contribution is -2.41. The summed E-state index contributed by atoms with van der Waals surface area (Å²) in [6, 6.07) is 10.7. The van der Waals surface area contributed by atoms with Crippen LogP contribution in [-0.2, 0) is 16.1 Å². The summed E-state index contributed by atoms with van der Waals surface area (Å²) in [5.74, 6) is -2.62. The van der Waals surface area contributed by atoms with E-state index >= 15 is 0 Å². The normalized spacial score (nSPS) is 11.6. The number of carbonyl (C=O) groups is 3. The molecule has 0 aliphatic rings. The quantitative estimate of drug-likeness (QED) is 0.285. The molecule has 11 heteroatoms. The Balaban J connectivity index is 1.62. The van der Waals surface area contributed by atoms with Crippen LogP contribution in [0.15, 0.2) is 42.5 Å². The second kappa shape index (κ2) is 9.60. The predicted molar refractivity (Wildman–Crippen MR) is 118 cm³/mol. The molecule has 0 fully saturated rings. The van der Waals surface area contributed by atoms with Gasteiger partial charge in [0.05, 0.1) is 5.52 Å². The van der Waals surface area contributed by atoms with Crippen LogP contribution in [0.1, 0.15) is 28.8 Å². The number of hydrogen-bond acceptors (Lipinski definition) is 8. The van der Waals surface area contributed by atoms with Crippen molar-refractivity contribution in [3.05, 3.63) is 53.6 Å². The average molecular weight is 438 g/mol. The molecule has 1 atom stereocenters. The number of rotatable bonds is 9. The van der Waals surface area contributed by atoms with Crippen molar-refractivity contribution in [2.45, 2.75) is 25.4 Å². The summed E-state index contributed by atoms with van der Waals surface area (Å²) < 4.78 is 0. The first-order valence-electron chi connectivity index (χ1n) is 9.64. The molecule has 1 aromatic heterocycles. The first-order chi connectivity index (χ1) is 15.2. The largest absolute Gasteiger partial charge is 0.481 e. The molecule has 166 valence electrons. The summed E-state index contributed by atoms with van der Waals surface area (Å²) in [6.45, 7) is 0.458. The van der Waals surface area contributed by atoms with Crippen LogP contribution in [0.25, 0.3) is 10.9 Å². The van der Waals surface area contributed by atoms with Crippen molar-refractivity contribution in [3.8, 4) is 0 Å². The van der Waals surface area contributed by atoms with Crippen LogP contribution in [0.3, 0.4) is 0 Å². The molecule has 0 saturated carbocycles. The van der Waals surface area contributed by atoms with Crippen LogP contribution in [0.2, 0.25) is 0 Å². The van der Waals surface area contributed by atoms with E-state index in [2.05, 4.69) is 20.6 Å². The highest BCUT2D eigenvalue weighted by molar-refractivity contribution is 5.96. The second-order valence-electron chi connectivity index (χ2n) is 7.05. The van der Waals surface area contributed by atoms with Gasteiger partial charge in [-0.25, -0.2) is 9.78 Å². The number of aromatic nitrogens is 2. The minimum atomic E-state index is -1.29. The molecule has 11 nitrogen and oxygen atoms in total. The molecule has 1 amide bonds. The summed E-state index contributed by atoms with van der Waals surface area (Å²) in [4.78, 5) is 42.3. The van der Waals surface area contributed by atoms with Gasteiger partial charge in [0.25, 0.3) is 5.91 Å². The van der Waals surface area contributed by atoms with Crippen molar-refractivity contribution >= 4 is 46.2 Å². The van der Waals surface area contributed by atoms with Crippen molar-refractivity contribution in [1.29, 1.82) is 0 Å². The maximum Gasteiger partial charge on any atom is 0.326 e. The number of carbonyl (C=O) groups excluding carboxylic acids is 1. The standard InChI is InChI=1S/C21H22N6O5/c22-18-14-9-13(5-6-15(14)26-21(23)27-18)24-10-11-1-3-12(4-2-11)19(30)25-16(20(31)32)7-8-17(28)29/h1-6,9,16,24H,7-8,10H2,(H,25,30)(H,28,29)(H,31,32)(H4,22,23,26,27)/t16-/m1/s1. The zero-order valence-corrected chi connectivity index (χ0v) is 16.9. The number of anilines is 3. The molecular weight excluding hydrogens is 416 g/mol. The van der Waals surface area contributed by atoms with E-state index in [1.54, 1.807) is 30.3 Å². The Morgan fingerprint density at radius 2 is 1.72 bits per heavy atom. The van der Waals surface area contributed by atoms with Crippen LogP contribution in [-0.4, -0.2) is 44.1 Å². The third-order valence-corrected chi connectivity index (χ3v) is 4.71. The molecule has 3 aromatic rings. The molecule has 8 N–H and O–H groups in total. The van der Waals surface area contributed by atoms with E-state index < -0.39 is 23.9 Å². The first kappa shape index (κ1) is 22.3. The van der Waals surface area contributed by atoms with E-state index in [9.17, 15) is 14.4 Å². The molecule has 0 unspecified atom stereocenters. The maximum absolute atomic E-state index is 12.3. The van der Waals surface area contributed by atoms with Crippen molar-refractivity contribution in [2.75, 3.05) is 16.8 Å². The van der Waals surface area contributed by atoms with Gasteiger partial charge >= 0.3 is 11.9 Å². The number of aliphatic carboxylic acids is 2. The highest BCUT2D eigenvalue weighted by Crippen LogP contribution is 2.23. The molecule has 3 rings (SSSR count). The van der Waals surface area contributed by atoms with Crippen molar-refractivity contribution in [1.82, 2.24) is 15.3 Å². The first-order valence-corrected chi connectivity index (χ1v) is 9.64. The molecule has 0 saturated heterocycles. The summed E-state index contributed by atoms with van der Waals surface area (Å²) in [6.07, 6.45) is -0.561. The van der Waals surface area contributed by atoms with Crippen LogP contribution in [0.4, 0.5) is 17.5 Å². The number of nitrogens with two attached hydrogens (primary N) is 2. The summed E-state index contributed by atoms with van der Waals surface area (Å²) in [5, 5.41) is 24.1. The van der Waals surface area contributed by atoms with Gasteiger partial charge in [-0.15, -0.1) is 0 Å². The lowest BCUT2D eigenvalue weighted by atomic mass is 10.1. The summed E-state index contributed by atoms with van der Waals surface area (Å²) in [5.41, 5.74) is 14.1. The minimum Gasteiger partial charge on any atom is -0.481 e. The number of hydrogen-bond donors (Lipinski definition) is 6. The van der Waals surface area contributed by atoms with Crippen LogP contribution < -0.4 is 22.1 Å². The number of amides is 1. The fourth-order valence-corrected chi connectivity index (χ4v) is 3.03. The highest BCUT2D eigenvalue weighted by atomic mass is 16.4. The Hall–Kier alpha value is -4.41. The van der Waals surface area contributed by atoms with E-state index in [-0.39, 0.29) is 30.2 Å². The van der Waals surface area contributed by atoms with Gasteiger partial charge in [0, 0.05) is 29.6 Å². The number of nitrogens with zero attached hydrogens (tertiary/aromatic N) is 2. The number of carboxylic acids is 2. The highest BCUT2D eigenvalue weighted by Gasteiger charge is 2.21. The Labute approximate surface area is 182 Å². The summed E-state index contributed by atoms with van der Waals surface area (Å²) >= 11 is 0. The van der Waals surface area contributed by atoms with Gasteiger partial charge in [0.2, 0.25) is 5.95 Å². The number of nitrogens with one attached hydrogen (secondary N) is 2. The molecule has 0 radical (unpaired) electrons. The van der Waals surface area contributed by atoms with Crippen molar-refractivity contribution in [2.24, 2.45) is 0 Å². The number of benzene rings is 2. The van der Waals surface area contributed by atoms with Gasteiger partial charge in [-0.05, 0) is 42.3 Å². The Morgan fingerprint density at radius 1 is 1.00 bits per heavy atom. The Morgan fingerprint density at radius 3 is 2.38 bits per heavy atom. The van der Waals surface area contributed by atoms with Gasteiger partial charge in [0.15, 0.2) is 0 Å². The van der Waals surface area contributed by atoms with Gasteiger partial charge in [-0.1, -0.05) is 12.1 Å². The van der Waals surface area contributed by atoms with Gasteiger partial charge in [0.1, 0.15) is 11.9 Å². The SMILES string of the molecule is Nc1nc(N)c2cc(NCc3ccc(C(=O)N[C@H](CCC(=O)O)C(=O)O)cc3)ccc2n1. The minimum absolute atomic E-state index is 0.108. The molecule has 0 bridgehead atoms. The molecule has 0 spiro atoms.